The molecule has 0 fully saturated rings. The quantitative estimate of drug-likeness (QED) is 0.878. The van der Waals surface area contributed by atoms with Crippen molar-refractivity contribution in [3.8, 4) is 11.9 Å². The summed E-state index contributed by atoms with van der Waals surface area (Å²) in [5.74, 6) is 0.979. The van der Waals surface area contributed by atoms with E-state index in [0.29, 0.717) is 17.5 Å². The lowest BCUT2D eigenvalue weighted by molar-refractivity contribution is 0.193. The van der Waals surface area contributed by atoms with E-state index >= 15 is 0 Å². The number of ether oxygens (including phenoxy) is 1. The third kappa shape index (κ3) is 3.76. The Balaban J connectivity index is 1.47. The molecular weight excluding hydrogens is 290 g/mol. The van der Waals surface area contributed by atoms with Crippen LogP contribution in [0.1, 0.15) is 24.1 Å². The van der Waals surface area contributed by atoms with Crippen molar-refractivity contribution in [2.75, 3.05) is 25.0 Å². The highest BCUT2D eigenvalue weighted by atomic mass is 16.5. The van der Waals surface area contributed by atoms with E-state index in [-0.39, 0.29) is 6.10 Å². The lowest BCUT2D eigenvalue weighted by Gasteiger charge is -2.26. The zero-order chi connectivity index (χ0) is 16.1. The first-order valence-electron chi connectivity index (χ1n) is 7.68. The van der Waals surface area contributed by atoms with Gasteiger partial charge in [-0.3, -0.25) is 0 Å². The first-order chi connectivity index (χ1) is 11.3. The summed E-state index contributed by atoms with van der Waals surface area (Å²) < 4.78 is 5.87. The zero-order valence-electron chi connectivity index (χ0n) is 13.0. The van der Waals surface area contributed by atoms with Crippen molar-refractivity contribution in [3.05, 3.63) is 47.9 Å². The van der Waals surface area contributed by atoms with Gasteiger partial charge in [-0.2, -0.15) is 5.26 Å². The minimum absolute atomic E-state index is 0.0590. The molecular formula is C17H19N5O. The molecule has 0 saturated heterocycles. The maximum absolute atomic E-state index is 8.77. The van der Waals surface area contributed by atoms with Crippen LogP contribution in [0.4, 0.5) is 5.69 Å². The highest BCUT2D eigenvalue weighted by Gasteiger charge is 2.19. The summed E-state index contributed by atoms with van der Waals surface area (Å²) in [6.45, 7) is 4.46. The van der Waals surface area contributed by atoms with Crippen LogP contribution in [0.5, 0.6) is 5.88 Å². The van der Waals surface area contributed by atoms with E-state index in [9.17, 15) is 0 Å². The molecule has 2 unspecified atom stereocenters. The lowest BCUT2D eigenvalue weighted by Crippen LogP contribution is -2.40. The van der Waals surface area contributed by atoms with Gasteiger partial charge >= 0.3 is 0 Å². The molecule has 1 aliphatic rings. The van der Waals surface area contributed by atoms with Crippen LogP contribution in [0.25, 0.3) is 0 Å². The molecule has 0 spiro atoms. The maximum atomic E-state index is 8.77. The van der Waals surface area contributed by atoms with Gasteiger partial charge in [0.05, 0.1) is 12.2 Å². The van der Waals surface area contributed by atoms with Crippen LogP contribution in [-0.2, 0) is 0 Å². The number of aromatic nitrogens is 2. The van der Waals surface area contributed by atoms with E-state index < -0.39 is 0 Å². The molecule has 0 bridgehead atoms. The van der Waals surface area contributed by atoms with Crippen molar-refractivity contribution in [2.45, 2.75) is 18.9 Å². The third-order valence-electron chi connectivity index (χ3n) is 3.86. The molecule has 118 valence electrons. The highest BCUT2D eigenvalue weighted by molar-refractivity contribution is 5.53. The molecule has 0 aromatic carbocycles. The fourth-order valence-electron chi connectivity index (χ4n) is 2.50. The van der Waals surface area contributed by atoms with Gasteiger partial charge in [-0.15, -0.1) is 0 Å². The van der Waals surface area contributed by atoms with E-state index in [4.69, 9.17) is 10.00 Å². The van der Waals surface area contributed by atoms with Crippen molar-refractivity contribution in [1.29, 1.82) is 5.26 Å². The van der Waals surface area contributed by atoms with Crippen molar-refractivity contribution in [1.82, 2.24) is 15.3 Å². The molecule has 6 nitrogen and oxygen atoms in total. The minimum Gasteiger partial charge on any atom is -0.470 e. The molecule has 3 heterocycles. The summed E-state index contributed by atoms with van der Waals surface area (Å²) in [5.41, 5.74) is 2.51. The lowest BCUT2D eigenvalue weighted by atomic mass is 10.0. The van der Waals surface area contributed by atoms with Crippen LogP contribution in [0.3, 0.4) is 0 Å². The number of rotatable bonds is 5. The fraction of sp³-hybridized carbons (Fsp3) is 0.353. The Kier molecular flexibility index (Phi) is 4.69. The molecule has 2 aromatic rings. The molecule has 0 saturated carbocycles. The van der Waals surface area contributed by atoms with Crippen molar-refractivity contribution >= 4 is 5.69 Å². The summed E-state index contributed by atoms with van der Waals surface area (Å²) in [6.07, 6.45) is 3.56. The fourth-order valence-corrected chi connectivity index (χ4v) is 2.50. The predicted octanol–water partition coefficient (Wildman–Crippen LogP) is 1.91. The summed E-state index contributed by atoms with van der Waals surface area (Å²) in [6, 6.07) is 9.59. The molecule has 3 rings (SSSR count). The van der Waals surface area contributed by atoms with Crippen molar-refractivity contribution in [3.63, 3.8) is 0 Å². The molecule has 2 aromatic heterocycles. The minimum atomic E-state index is 0.0590. The second kappa shape index (κ2) is 7.07. The Bertz CT molecular complexity index is 695. The summed E-state index contributed by atoms with van der Waals surface area (Å²) >= 11 is 0. The van der Waals surface area contributed by atoms with Crippen LogP contribution in [0, 0.1) is 11.3 Å². The van der Waals surface area contributed by atoms with Crippen LogP contribution in [0.15, 0.2) is 36.7 Å². The van der Waals surface area contributed by atoms with Crippen LogP contribution >= 0.6 is 0 Å². The summed E-state index contributed by atoms with van der Waals surface area (Å²) in [4.78, 5) is 8.34. The number of fused-ring (bicyclic) bond motifs is 1. The topological polar surface area (TPSA) is 82.9 Å². The average Bonchev–Trinajstić information content (AvgIpc) is 2.61. The summed E-state index contributed by atoms with van der Waals surface area (Å²) in [7, 11) is 0. The molecule has 0 radical (unpaired) electrons. The van der Waals surface area contributed by atoms with Gasteiger partial charge in [-0.1, -0.05) is 13.0 Å². The Labute approximate surface area is 135 Å². The van der Waals surface area contributed by atoms with Gasteiger partial charge in [-0.25, -0.2) is 9.97 Å². The Hall–Kier alpha value is -2.65. The number of nitrogens with zero attached hydrogens (tertiary/aromatic N) is 3. The summed E-state index contributed by atoms with van der Waals surface area (Å²) in [5, 5.41) is 15.5. The smallest absolute Gasteiger partial charge is 0.237 e. The molecule has 6 heteroatoms. The van der Waals surface area contributed by atoms with Gasteiger partial charge in [0.25, 0.3) is 0 Å². The second-order valence-electron chi connectivity index (χ2n) is 5.62. The molecule has 0 aliphatic carbocycles. The SMILES string of the molecule is CC(CNCC1CNc2cccnc2O1)c1ccc(C#N)nc1. The monoisotopic (exact) mass is 309 g/mol. The van der Waals surface area contributed by atoms with Gasteiger partial charge in [-0.05, 0) is 29.7 Å². The van der Waals surface area contributed by atoms with Crippen molar-refractivity contribution < 1.29 is 4.74 Å². The van der Waals surface area contributed by atoms with Gasteiger partial charge in [0.2, 0.25) is 5.88 Å². The van der Waals surface area contributed by atoms with Crippen molar-refractivity contribution in [2.24, 2.45) is 0 Å². The molecule has 23 heavy (non-hydrogen) atoms. The number of nitrogens with one attached hydrogen (secondary N) is 2. The number of anilines is 1. The number of pyridine rings is 2. The van der Waals surface area contributed by atoms with E-state index in [1.165, 1.54) is 0 Å². The number of nitriles is 1. The highest BCUT2D eigenvalue weighted by Crippen LogP contribution is 2.25. The predicted molar refractivity (Wildman–Crippen MR) is 87.4 cm³/mol. The Morgan fingerprint density at radius 2 is 2.35 bits per heavy atom. The number of hydrogen-bond donors (Lipinski definition) is 2. The molecule has 0 amide bonds. The van der Waals surface area contributed by atoms with Crippen LogP contribution < -0.4 is 15.4 Å². The molecule has 1 aliphatic heterocycles. The largest absolute Gasteiger partial charge is 0.470 e. The van der Waals surface area contributed by atoms with Crippen LogP contribution in [-0.4, -0.2) is 35.7 Å². The Morgan fingerprint density at radius 1 is 1.43 bits per heavy atom. The van der Waals surface area contributed by atoms with Gasteiger partial charge in [0, 0.05) is 25.5 Å². The molecule has 2 N–H and O–H groups in total. The standard InChI is InChI=1S/C17H19N5O/c1-12(13-4-5-14(7-18)21-9-13)8-19-10-15-11-22-16-3-2-6-20-17(16)23-15/h2-6,9,12,15,19,22H,8,10-11H2,1H3. The van der Waals surface area contributed by atoms with E-state index in [1.54, 1.807) is 18.5 Å². The first-order valence-corrected chi connectivity index (χ1v) is 7.68. The van der Waals surface area contributed by atoms with E-state index in [0.717, 1.165) is 30.9 Å². The average molecular weight is 309 g/mol. The van der Waals surface area contributed by atoms with E-state index in [2.05, 4.69) is 27.5 Å². The molecule has 2 atom stereocenters. The number of hydrogen-bond acceptors (Lipinski definition) is 6. The van der Waals surface area contributed by atoms with Gasteiger partial charge < -0.3 is 15.4 Å². The second-order valence-corrected chi connectivity index (χ2v) is 5.62. The van der Waals surface area contributed by atoms with Gasteiger partial charge in [0.1, 0.15) is 17.9 Å². The zero-order valence-corrected chi connectivity index (χ0v) is 13.0. The Morgan fingerprint density at radius 3 is 3.13 bits per heavy atom. The van der Waals surface area contributed by atoms with Crippen LogP contribution in [0.2, 0.25) is 0 Å². The third-order valence-corrected chi connectivity index (χ3v) is 3.86. The maximum Gasteiger partial charge on any atom is 0.237 e. The first kappa shape index (κ1) is 15.3. The normalized spacial score (nSPS) is 17.3. The van der Waals surface area contributed by atoms with E-state index in [1.807, 2.05) is 24.3 Å². The van der Waals surface area contributed by atoms with Gasteiger partial charge in [0.15, 0.2) is 0 Å².